The van der Waals surface area contributed by atoms with Gasteiger partial charge in [-0.05, 0) is 13.8 Å². The Hall–Kier alpha value is -1.83. The maximum Gasteiger partial charge on any atom is 0.327 e. The number of halogens is 1. The van der Waals surface area contributed by atoms with Crippen molar-refractivity contribution in [2.75, 3.05) is 20.7 Å². The number of hydrogen-bond donors (Lipinski definition) is 1. The fourth-order valence-corrected chi connectivity index (χ4v) is 1.69. The second kappa shape index (κ2) is 8.46. The van der Waals surface area contributed by atoms with Gasteiger partial charge in [0.25, 0.3) is 0 Å². The molecule has 21 heavy (non-hydrogen) atoms. The highest BCUT2D eigenvalue weighted by atomic mass is 35.5. The molecule has 0 aromatic rings. The molecule has 0 aromatic heterocycles. The zero-order valence-electron chi connectivity index (χ0n) is 12.6. The Labute approximate surface area is 129 Å². The number of hydrazone groups is 1. The van der Waals surface area contributed by atoms with E-state index in [1.807, 2.05) is 0 Å². The molecule has 0 saturated carbocycles. The molecule has 1 N–H and O–H groups in total. The Morgan fingerprint density at radius 2 is 2.05 bits per heavy atom. The maximum atomic E-state index is 11.7. The Bertz CT molecular complexity index is 441. The number of carbonyl (C=O) groups excluding carboxylic acids is 3. The number of ether oxygens (including phenoxy) is 1. The van der Waals surface area contributed by atoms with Gasteiger partial charge in [-0.3, -0.25) is 19.9 Å². The van der Waals surface area contributed by atoms with E-state index < -0.39 is 12.2 Å². The van der Waals surface area contributed by atoms with E-state index in [2.05, 4.69) is 10.5 Å². The van der Waals surface area contributed by atoms with Gasteiger partial charge < -0.3 is 22.0 Å². The summed E-state index contributed by atoms with van der Waals surface area (Å²) in [5.41, 5.74) is 3.26. The van der Waals surface area contributed by atoms with Crippen LogP contribution >= 0.6 is 0 Å². The zero-order chi connectivity index (χ0) is 15.3. The lowest BCUT2D eigenvalue weighted by atomic mass is 10.2. The Kier molecular flexibility index (Phi) is 7.72. The highest BCUT2D eigenvalue weighted by Gasteiger charge is 2.34. The third-order valence-corrected chi connectivity index (χ3v) is 2.91. The van der Waals surface area contributed by atoms with Gasteiger partial charge in [-0.2, -0.15) is 5.10 Å². The second-order valence-electron chi connectivity index (χ2n) is 4.52. The van der Waals surface area contributed by atoms with Crippen molar-refractivity contribution in [2.24, 2.45) is 5.10 Å². The molecule has 1 rings (SSSR count). The first-order valence-corrected chi connectivity index (χ1v) is 6.34. The summed E-state index contributed by atoms with van der Waals surface area (Å²) in [4.78, 5) is 37.0. The molecule has 1 atom stereocenters. The molecule has 1 heterocycles. The van der Waals surface area contributed by atoms with Crippen LogP contribution in [0.2, 0.25) is 0 Å². The lowest BCUT2D eigenvalue weighted by molar-refractivity contribution is -0.141. The maximum absolute atomic E-state index is 11.7. The average molecular weight is 320 g/mol. The number of amides is 3. The van der Waals surface area contributed by atoms with Crippen molar-refractivity contribution in [1.29, 1.82) is 0 Å². The monoisotopic (exact) mass is 319 g/mol. The topological polar surface area (TPSA) is 91.3 Å². The summed E-state index contributed by atoms with van der Waals surface area (Å²) in [6.45, 7) is 3.72. The number of imide groups is 1. The van der Waals surface area contributed by atoms with Crippen molar-refractivity contribution >= 4 is 23.6 Å². The van der Waals surface area contributed by atoms with E-state index in [1.54, 1.807) is 20.9 Å². The van der Waals surface area contributed by atoms with E-state index in [9.17, 15) is 14.4 Å². The van der Waals surface area contributed by atoms with E-state index in [1.165, 1.54) is 11.9 Å². The highest BCUT2D eigenvalue weighted by molar-refractivity contribution is 5.98. The molecule has 1 fully saturated rings. The van der Waals surface area contributed by atoms with Crippen molar-refractivity contribution in [1.82, 2.24) is 15.2 Å². The minimum Gasteiger partial charge on any atom is -1.00 e. The van der Waals surface area contributed by atoms with Crippen LogP contribution < -0.4 is 17.8 Å². The van der Waals surface area contributed by atoms with Crippen LogP contribution in [-0.4, -0.2) is 60.3 Å². The summed E-state index contributed by atoms with van der Waals surface area (Å²) in [6, 6.07) is -0.392. The molecule has 1 aliphatic heterocycles. The molecule has 1 saturated heterocycles. The van der Waals surface area contributed by atoms with Gasteiger partial charge in [0.05, 0.1) is 19.4 Å². The van der Waals surface area contributed by atoms with Crippen LogP contribution in [0, 0.1) is 0 Å². The van der Waals surface area contributed by atoms with Gasteiger partial charge in [-0.25, -0.2) is 4.79 Å². The minimum atomic E-state index is -0.511. The quantitative estimate of drug-likeness (QED) is 0.335. The van der Waals surface area contributed by atoms with Crippen LogP contribution in [0.15, 0.2) is 5.10 Å². The summed E-state index contributed by atoms with van der Waals surface area (Å²) in [5, 5.41) is 4.02. The molecule has 8 nitrogen and oxygen atoms in total. The van der Waals surface area contributed by atoms with Gasteiger partial charge in [0, 0.05) is 19.8 Å². The third-order valence-electron chi connectivity index (χ3n) is 2.91. The Balaban J connectivity index is 0.00000400. The summed E-state index contributed by atoms with van der Waals surface area (Å²) in [5.74, 6) is -0.636. The van der Waals surface area contributed by atoms with Crippen LogP contribution in [0.25, 0.3) is 0 Å². The van der Waals surface area contributed by atoms with Gasteiger partial charge in [0.1, 0.15) is 6.17 Å². The van der Waals surface area contributed by atoms with E-state index in [0.29, 0.717) is 12.3 Å². The van der Waals surface area contributed by atoms with Gasteiger partial charge in [-0.1, -0.05) is 0 Å². The zero-order valence-corrected chi connectivity index (χ0v) is 13.3. The minimum absolute atomic E-state index is 0. The molecule has 9 heteroatoms. The molecule has 1 aliphatic rings. The van der Waals surface area contributed by atoms with Crippen molar-refractivity contribution in [3.63, 3.8) is 0 Å². The van der Waals surface area contributed by atoms with Crippen LogP contribution in [-0.2, 0) is 14.3 Å². The lowest BCUT2D eigenvalue weighted by Gasteiger charge is -2.35. The number of carbonyl (C=O) groups is 3. The molecule has 0 radical (unpaired) electrons. The molecular formula is C12H20ClN4O4-. The van der Waals surface area contributed by atoms with E-state index >= 15 is 0 Å². The van der Waals surface area contributed by atoms with E-state index in [0.717, 1.165) is 4.90 Å². The molecule has 120 valence electrons. The fourth-order valence-electron chi connectivity index (χ4n) is 1.69. The molecular weight excluding hydrogens is 300 g/mol. The van der Waals surface area contributed by atoms with Crippen LogP contribution in [0.4, 0.5) is 4.79 Å². The third kappa shape index (κ3) is 5.22. The van der Waals surface area contributed by atoms with Crippen LogP contribution in [0.3, 0.4) is 0 Å². The number of hydrogen-bond acceptors (Lipinski definition) is 6. The fraction of sp³-hybridized carbons (Fsp3) is 0.667. The number of rotatable bonds is 5. The summed E-state index contributed by atoms with van der Waals surface area (Å²) < 4.78 is 4.80. The SMILES string of the molecule is CCOC(=O)CC(C)=NNC1CC(=O)N(C)C(=O)N1C.[Cl-]. The van der Waals surface area contributed by atoms with Crippen molar-refractivity contribution < 1.29 is 31.5 Å². The van der Waals surface area contributed by atoms with Gasteiger partial charge in [0.2, 0.25) is 5.91 Å². The van der Waals surface area contributed by atoms with Crippen molar-refractivity contribution in [2.45, 2.75) is 32.9 Å². The lowest BCUT2D eigenvalue weighted by Crippen LogP contribution is -3.00. The number of nitrogens with zero attached hydrogens (tertiary/aromatic N) is 3. The van der Waals surface area contributed by atoms with Crippen molar-refractivity contribution in [3.8, 4) is 0 Å². The molecule has 1 unspecified atom stereocenters. The van der Waals surface area contributed by atoms with Gasteiger partial charge in [0.15, 0.2) is 0 Å². The van der Waals surface area contributed by atoms with E-state index in [-0.39, 0.29) is 37.1 Å². The average Bonchev–Trinajstić information content (AvgIpc) is 2.39. The normalized spacial score (nSPS) is 19.2. The molecule has 0 spiro atoms. The first-order valence-electron chi connectivity index (χ1n) is 6.34. The Morgan fingerprint density at radius 1 is 1.43 bits per heavy atom. The first kappa shape index (κ1) is 19.2. The smallest absolute Gasteiger partial charge is 0.327 e. The number of esters is 1. The summed E-state index contributed by atoms with van der Waals surface area (Å²) in [6.07, 6.45) is -0.308. The predicted molar refractivity (Wildman–Crippen MR) is 71.8 cm³/mol. The Morgan fingerprint density at radius 3 is 2.62 bits per heavy atom. The first-order chi connectivity index (χ1) is 9.36. The molecule has 3 amide bonds. The predicted octanol–water partition coefficient (Wildman–Crippen LogP) is -2.85. The van der Waals surface area contributed by atoms with Gasteiger partial charge >= 0.3 is 12.0 Å². The highest BCUT2D eigenvalue weighted by Crippen LogP contribution is 2.12. The standard InChI is InChI=1S/C12H20N4O4.ClH/c1-5-20-11(18)6-8(2)13-14-9-7-10(17)16(4)12(19)15(9)3;/h9,14H,5-7H2,1-4H3;1H/p-1. The second-order valence-corrected chi connectivity index (χ2v) is 4.52. The van der Waals surface area contributed by atoms with Crippen LogP contribution in [0.1, 0.15) is 26.7 Å². The molecule has 0 aromatic carbocycles. The molecule has 0 bridgehead atoms. The van der Waals surface area contributed by atoms with Gasteiger partial charge in [-0.15, -0.1) is 0 Å². The number of urea groups is 1. The van der Waals surface area contributed by atoms with E-state index in [4.69, 9.17) is 4.74 Å². The number of nitrogens with one attached hydrogen (secondary N) is 1. The van der Waals surface area contributed by atoms with Crippen molar-refractivity contribution in [3.05, 3.63) is 0 Å². The molecule has 0 aliphatic carbocycles. The van der Waals surface area contributed by atoms with Crippen LogP contribution in [0.5, 0.6) is 0 Å². The summed E-state index contributed by atoms with van der Waals surface area (Å²) >= 11 is 0. The largest absolute Gasteiger partial charge is 1.00 e. The summed E-state index contributed by atoms with van der Waals surface area (Å²) in [7, 11) is 3.02.